The number of benzene rings is 1. The molecule has 1 N–H and O–H groups in total. The lowest BCUT2D eigenvalue weighted by atomic mass is 9.89. The minimum absolute atomic E-state index is 0.168. The van der Waals surface area contributed by atoms with E-state index in [9.17, 15) is 9.32 Å². The van der Waals surface area contributed by atoms with Gasteiger partial charge in [-0.2, -0.15) is 0 Å². The van der Waals surface area contributed by atoms with Crippen molar-refractivity contribution in [2.45, 2.75) is 5.60 Å². The minimum atomic E-state index is -1.23. The zero-order valence-electron chi connectivity index (χ0n) is 10.1. The lowest BCUT2D eigenvalue weighted by Gasteiger charge is -2.28. The first-order chi connectivity index (χ1) is 8.63. The van der Waals surface area contributed by atoms with E-state index in [2.05, 4.69) is 4.98 Å². The van der Waals surface area contributed by atoms with Gasteiger partial charge in [0, 0.05) is 29.4 Å². The summed E-state index contributed by atoms with van der Waals surface area (Å²) in [5.74, 6) is 0.168. The van der Waals surface area contributed by atoms with Crippen molar-refractivity contribution < 1.29 is 9.32 Å². The van der Waals surface area contributed by atoms with Gasteiger partial charge in [-0.05, 0) is 23.3 Å². The summed E-state index contributed by atoms with van der Waals surface area (Å²) < 4.78 is 11.5. The highest BCUT2D eigenvalue weighted by Gasteiger charge is 2.32. The first-order valence-corrected chi connectivity index (χ1v) is 7.34. The maximum absolute atomic E-state index is 11.5. The van der Waals surface area contributed by atoms with Crippen molar-refractivity contribution in [2.24, 2.45) is 0 Å². The number of nitrogens with zero attached hydrogens (tertiary/aromatic N) is 1. The molecule has 0 spiro atoms. The largest absolute Gasteiger partial charge is 0.379 e. The van der Waals surface area contributed by atoms with Crippen LogP contribution < -0.4 is 0 Å². The summed E-state index contributed by atoms with van der Waals surface area (Å²) in [5.41, 5.74) is 0.217. The maximum atomic E-state index is 11.5. The maximum Gasteiger partial charge on any atom is 0.126 e. The fraction of sp³-hybridized carbons (Fsp3) is 0.214. The smallest absolute Gasteiger partial charge is 0.126 e. The van der Waals surface area contributed by atoms with E-state index < -0.39 is 16.4 Å². The molecule has 1 heterocycles. The van der Waals surface area contributed by atoms with Crippen molar-refractivity contribution in [3.8, 4) is 0 Å². The molecule has 1 aromatic heterocycles. The van der Waals surface area contributed by atoms with E-state index in [0.717, 1.165) is 5.56 Å². The molecule has 94 valence electrons. The van der Waals surface area contributed by atoms with E-state index in [1.54, 1.807) is 30.8 Å². The molecule has 2 atom stereocenters. The number of rotatable bonds is 4. The molecule has 18 heavy (non-hydrogen) atoms. The van der Waals surface area contributed by atoms with E-state index >= 15 is 0 Å². The lowest BCUT2D eigenvalue weighted by Crippen LogP contribution is -2.33. The quantitative estimate of drug-likeness (QED) is 0.911. The number of hydrogen-bond acceptors (Lipinski definition) is 3. The van der Waals surface area contributed by atoms with Crippen LogP contribution in [0.5, 0.6) is 0 Å². The average Bonchev–Trinajstić information content (AvgIpc) is 2.40. The Balaban J connectivity index is 2.51. The molecule has 0 bridgehead atoms. The third-order valence-corrected chi connectivity index (χ3v) is 3.65. The Bertz CT molecular complexity index is 489. The van der Waals surface area contributed by atoms with Crippen LogP contribution in [0.1, 0.15) is 11.1 Å². The van der Waals surface area contributed by atoms with Crippen molar-refractivity contribution in [1.82, 2.24) is 4.98 Å². The number of aromatic nitrogens is 1. The van der Waals surface area contributed by atoms with Crippen LogP contribution in [-0.2, 0) is 16.4 Å². The lowest BCUT2D eigenvalue weighted by molar-refractivity contribution is 0.106. The van der Waals surface area contributed by atoms with E-state index in [1.165, 1.54) is 0 Å². The second kappa shape index (κ2) is 5.42. The zero-order valence-corrected chi connectivity index (χ0v) is 10.9. The Morgan fingerprint density at radius 2 is 1.67 bits per heavy atom. The van der Waals surface area contributed by atoms with Gasteiger partial charge in [0.15, 0.2) is 0 Å². The summed E-state index contributed by atoms with van der Waals surface area (Å²) in [6.07, 6.45) is 4.85. The minimum Gasteiger partial charge on any atom is -0.379 e. The van der Waals surface area contributed by atoms with Crippen LogP contribution in [0.25, 0.3) is 0 Å². The predicted molar refractivity (Wildman–Crippen MR) is 72.6 cm³/mol. The Kier molecular flexibility index (Phi) is 3.89. The highest BCUT2D eigenvalue weighted by Crippen LogP contribution is 2.29. The number of hydrogen-bond donors (Lipinski definition) is 1. The van der Waals surface area contributed by atoms with Crippen LogP contribution in [-0.4, -0.2) is 26.3 Å². The van der Waals surface area contributed by atoms with Crippen LogP contribution in [0.4, 0.5) is 0 Å². The predicted octanol–water partition coefficient (Wildman–Crippen LogP) is 1.70. The van der Waals surface area contributed by atoms with Crippen LogP contribution in [0.3, 0.4) is 0 Å². The van der Waals surface area contributed by atoms with Crippen LogP contribution in [0, 0.1) is 0 Å². The highest BCUT2D eigenvalue weighted by atomic mass is 32.2. The molecule has 2 aromatic rings. The molecule has 2 rings (SSSR count). The standard InChI is InChI=1S/C14H15NO2S/c1-18(17)11-14(16,12-5-3-2-4-6-12)13-7-9-15-10-8-13/h2-10,16H,11H2,1H3/t14-,18+/m1/s1. The molecule has 0 fully saturated rings. The van der Waals surface area contributed by atoms with Crippen LogP contribution in [0.15, 0.2) is 54.9 Å². The summed E-state index contributed by atoms with van der Waals surface area (Å²) in [6, 6.07) is 12.8. The van der Waals surface area contributed by atoms with Gasteiger partial charge in [-0.1, -0.05) is 30.3 Å². The van der Waals surface area contributed by atoms with Crippen molar-refractivity contribution in [2.75, 3.05) is 12.0 Å². The number of pyridine rings is 1. The first-order valence-electron chi connectivity index (χ1n) is 5.61. The molecule has 0 aliphatic carbocycles. The van der Waals surface area contributed by atoms with Gasteiger partial charge in [-0.15, -0.1) is 0 Å². The summed E-state index contributed by atoms with van der Waals surface area (Å²) in [5, 5.41) is 10.9. The SMILES string of the molecule is C[S@](=O)C[C@@](O)(c1ccccc1)c1ccncc1. The van der Waals surface area contributed by atoms with Gasteiger partial charge in [0.05, 0.1) is 5.75 Å². The summed E-state index contributed by atoms with van der Waals surface area (Å²) in [7, 11) is -1.11. The Labute approximate surface area is 109 Å². The van der Waals surface area contributed by atoms with Gasteiger partial charge in [-0.25, -0.2) is 0 Å². The second-order valence-corrected chi connectivity index (χ2v) is 5.61. The van der Waals surface area contributed by atoms with Crippen molar-refractivity contribution in [1.29, 1.82) is 0 Å². The monoisotopic (exact) mass is 261 g/mol. The molecular formula is C14H15NO2S. The molecule has 4 heteroatoms. The zero-order chi connectivity index (χ0) is 13.0. The van der Waals surface area contributed by atoms with E-state index in [4.69, 9.17) is 0 Å². The third-order valence-electron chi connectivity index (χ3n) is 2.82. The molecule has 0 unspecified atom stereocenters. The molecule has 0 aliphatic heterocycles. The van der Waals surface area contributed by atoms with Crippen molar-refractivity contribution >= 4 is 10.8 Å². The van der Waals surface area contributed by atoms with Crippen LogP contribution in [0.2, 0.25) is 0 Å². The highest BCUT2D eigenvalue weighted by molar-refractivity contribution is 7.84. The fourth-order valence-corrected chi connectivity index (χ4v) is 2.89. The van der Waals surface area contributed by atoms with Crippen LogP contribution >= 0.6 is 0 Å². The molecular weight excluding hydrogens is 246 g/mol. The normalized spacial score (nSPS) is 15.9. The van der Waals surface area contributed by atoms with E-state index in [0.29, 0.717) is 5.56 Å². The van der Waals surface area contributed by atoms with Gasteiger partial charge in [-0.3, -0.25) is 9.19 Å². The Morgan fingerprint density at radius 3 is 2.22 bits per heavy atom. The van der Waals surface area contributed by atoms with E-state index in [-0.39, 0.29) is 5.75 Å². The van der Waals surface area contributed by atoms with Crippen molar-refractivity contribution in [3.05, 3.63) is 66.0 Å². The second-order valence-electron chi connectivity index (χ2n) is 4.18. The first kappa shape index (κ1) is 12.9. The Hall–Kier alpha value is -1.52. The topological polar surface area (TPSA) is 50.2 Å². The molecule has 0 saturated carbocycles. The molecule has 0 amide bonds. The van der Waals surface area contributed by atoms with Gasteiger partial charge >= 0.3 is 0 Å². The molecule has 0 saturated heterocycles. The Morgan fingerprint density at radius 1 is 1.11 bits per heavy atom. The van der Waals surface area contributed by atoms with Gasteiger partial charge < -0.3 is 5.11 Å². The molecule has 1 aromatic carbocycles. The fourth-order valence-electron chi connectivity index (χ4n) is 1.97. The summed E-state index contributed by atoms with van der Waals surface area (Å²) in [6.45, 7) is 0. The van der Waals surface area contributed by atoms with Gasteiger partial charge in [0.2, 0.25) is 0 Å². The summed E-state index contributed by atoms with van der Waals surface area (Å²) >= 11 is 0. The molecule has 0 radical (unpaired) electrons. The molecule has 3 nitrogen and oxygen atoms in total. The third kappa shape index (κ3) is 2.66. The summed E-state index contributed by atoms with van der Waals surface area (Å²) in [4.78, 5) is 3.94. The van der Waals surface area contributed by atoms with Gasteiger partial charge in [0.25, 0.3) is 0 Å². The molecule has 0 aliphatic rings. The number of aliphatic hydroxyl groups is 1. The van der Waals surface area contributed by atoms with Crippen molar-refractivity contribution in [3.63, 3.8) is 0 Å². The van der Waals surface area contributed by atoms with Gasteiger partial charge in [0.1, 0.15) is 5.60 Å². The average molecular weight is 261 g/mol. The van der Waals surface area contributed by atoms with E-state index in [1.807, 2.05) is 30.3 Å².